The van der Waals surface area contributed by atoms with Gasteiger partial charge < -0.3 is 40.2 Å². The molecule has 184 valence electrons. The first-order valence-corrected chi connectivity index (χ1v) is 10.1. The first-order chi connectivity index (χ1) is 14.8. The molecule has 0 aromatic heterocycles. The average molecular weight is 461 g/mol. The van der Waals surface area contributed by atoms with Crippen molar-refractivity contribution >= 4 is 23.8 Å². The maximum atomic E-state index is 13.1. The first kappa shape index (κ1) is 27.8. The van der Waals surface area contributed by atoms with Crippen LogP contribution in [-0.4, -0.2) is 101 Å². The number of esters is 2. The molecule has 0 aliphatic carbocycles. The lowest BCUT2D eigenvalue weighted by Gasteiger charge is -2.38. The van der Waals surface area contributed by atoms with Gasteiger partial charge >= 0.3 is 11.9 Å². The van der Waals surface area contributed by atoms with Gasteiger partial charge in [-0.05, 0) is 27.7 Å². The number of hydrogen-bond donors (Lipinski definition) is 4. The molecule has 12 nitrogen and oxygen atoms in total. The van der Waals surface area contributed by atoms with Gasteiger partial charge in [0, 0.05) is 40.4 Å². The highest BCUT2D eigenvalue weighted by Gasteiger charge is 2.46. The second-order valence-corrected chi connectivity index (χ2v) is 8.63. The van der Waals surface area contributed by atoms with Crippen LogP contribution in [0.3, 0.4) is 0 Å². The fraction of sp³-hybridized carbons (Fsp3) is 0.800. The zero-order chi connectivity index (χ0) is 24.8. The zero-order valence-corrected chi connectivity index (χ0v) is 20.1. The fourth-order valence-electron chi connectivity index (χ4n) is 3.14. The van der Waals surface area contributed by atoms with Gasteiger partial charge in [0.1, 0.15) is 11.1 Å². The minimum absolute atomic E-state index is 0.0377. The third kappa shape index (κ3) is 5.94. The predicted octanol–water partition coefficient (Wildman–Crippen LogP) is -1.91. The number of amides is 2. The SMILES string of the molecule is COC(=O)[C@]1(C)CNC[C@](C)(OC)C(=O)N[C@](C)(C(=O)OC)CNC[C@](C)(OC)C(=O)N1. The summed E-state index contributed by atoms with van der Waals surface area (Å²) in [5, 5.41) is 11.3. The predicted molar refractivity (Wildman–Crippen MR) is 114 cm³/mol. The van der Waals surface area contributed by atoms with Crippen molar-refractivity contribution in [2.24, 2.45) is 0 Å². The Hall–Kier alpha value is -2.28. The molecule has 1 rings (SSSR count). The lowest BCUT2D eigenvalue weighted by molar-refractivity contribution is -0.157. The van der Waals surface area contributed by atoms with E-state index in [0.717, 1.165) is 0 Å². The molecule has 0 aromatic rings. The minimum atomic E-state index is -1.46. The summed E-state index contributed by atoms with van der Waals surface area (Å²) in [7, 11) is 5.12. The van der Waals surface area contributed by atoms with Crippen LogP contribution in [0.25, 0.3) is 0 Å². The summed E-state index contributed by atoms with van der Waals surface area (Å²) in [6.07, 6.45) is 0. The van der Waals surface area contributed by atoms with E-state index in [4.69, 9.17) is 18.9 Å². The maximum Gasteiger partial charge on any atom is 0.332 e. The molecular weight excluding hydrogens is 424 g/mol. The van der Waals surface area contributed by atoms with Crippen LogP contribution in [-0.2, 0) is 38.1 Å². The van der Waals surface area contributed by atoms with Gasteiger partial charge in [0.2, 0.25) is 0 Å². The van der Waals surface area contributed by atoms with Gasteiger partial charge in [0.25, 0.3) is 11.8 Å². The second-order valence-electron chi connectivity index (χ2n) is 8.63. The fourth-order valence-corrected chi connectivity index (χ4v) is 3.14. The largest absolute Gasteiger partial charge is 0.467 e. The van der Waals surface area contributed by atoms with Crippen molar-refractivity contribution in [2.75, 3.05) is 54.6 Å². The Morgan fingerprint density at radius 3 is 1.22 bits per heavy atom. The Labute approximate surface area is 188 Å². The molecule has 4 atom stereocenters. The van der Waals surface area contributed by atoms with Crippen LogP contribution >= 0.6 is 0 Å². The minimum Gasteiger partial charge on any atom is -0.467 e. The summed E-state index contributed by atoms with van der Waals surface area (Å²) in [6.45, 7) is 5.84. The molecule has 1 aliphatic rings. The van der Waals surface area contributed by atoms with Crippen LogP contribution in [0.5, 0.6) is 0 Å². The number of ether oxygens (including phenoxy) is 4. The lowest BCUT2D eigenvalue weighted by Crippen LogP contribution is -2.68. The molecule has 4 N–H and O–H groups in total. The Kier molecular flexibility index (Phi) is 9.16. The van der Waals surface area contributed by atoms with Crippen molar-refractivity contribution in [2.45, 2.75) is 50.0 Å². The molecule has 1 aliphatic heterocycles. The number of rotatable bonds is 4. The van der Waals surface area contributed by atoms with Gasteiger partial charge in [-0.3, -0.25) is 9.59 Å². The molecule has 2 amide bonds. The van der Waals surface area contributed by atoms with Crippen molar-refractivity contribution < 1.29 is 38.1 Å². The van der Waals surface area contributed by atoms with Crippen molar-refractivity contribution in [1.29, 1.82) is 0 Å². The van der Waals surface area contributed by atoms with Gasteiger partial charge in [0.15, 0.2) is 11.2 Å². The highest BCUT2D eigenvalue weighted by atomic mass is 16.5. The standard InChI is InChI=1S/C20H36N4O8/c1-17(15(27)29-5)9-21-11-20(4,32-8)14(26)24-18(2,16(28)30-6)10-22-12-19(3,31-7)13(25)23-17/h21-22H,9-12H2,1-8H3,(H,23,25)(H,24,26)/t17-,18-,19-,20-/m0/s1. The Bertz CT molecular complexity index is 674. The van der Waals surface area contributed by atoms with Gasteiger partial charge in [-0.1, -0.05) is 0 Å². The van der Waals surface area contributed by atoms with Crippen LogP contribution in [0, 0.1) is 0 Å². The van der Waals surface area contributed by atoms with Gasteiger partial charge in [0.05, 0.1) is 14.2 Å². The quantitative estimate of drug-likeness (QED) is 0.349. The molecule has 1 heterocycles. The van der Waals surface area contributed by atoms with E-state index in [9.17, 15) is 19.2 Å². The summed E-state index contributed by atoms with van der Waals surface area (Å²) in [6, 6.07) is 0. The Balaban J connectivity index is 3.39. The van der Waals surface area contributed by atoms with Crippen molar-refractivity contribution in [3.8, 4) is 0 Å². The van der Waals surface area contributed by atoms with E-state index in [0.29, 0.717) is 0 Å². The number of carbonyl (C=O) groups is 4. The summed E-state index contributed by atoms with van der Waals surface area (Å²) in [4.78, 5) is 51.1. The van der Waals surface area contributed by atoms with E-state index in [2.05, 4.69) is 21.3 Å². The molecule has 12 heteroatoms. The molecule has 32 heavy (non-hydrogen) atoms. The summed E-state index contributed by atoms with van der Waals surface area (Å²) >= 11 is 0. The van der Waals surface area contributed by atoms with E-state index >= 15 is 0 Å². The van der Waals surface area contributed by atoms with Gasteiger partial charge in [-0.15, -0.1) is 0 Å². The molecule has 0 aromatic carbocycles. The van der Waals surface area contributed by atoms with Crippen LogP contribution in [0.15, 0.2) is 0 Å². The monoisotopic (exact) mass is 460 g/mol. The molecule has 0 bridgehead atoms. The van der Waals surface area contributed by atoms with E-state index in [1.54, 1.807) is 0 Å². The second kappa shape index (κ2) is 10.6. The van der Waals surface area contributed by atoms with Crippen molar-refractivity contribution in [1.82, 2.24) is 21.3 Å². The molecule has 0 radical (unpaired) electrons. The third-order valence-corrected chi connectivity index (χ3v) is 5.79. The summed E-state index contributed by atoms with van der Waals surface area (Å²) < 4.78 is 20.6. The number of methoxy groups -OCH3 is 4. The molecule has 0 spiro atoms. The summed E-state index contributed by atoms with van der Waals surface area (Å²) in [5.41, 5.74) is -5.72. The highest BCUT2D eigenvalue weighted by Crippen LogP contribution is 2.17. The maximum absolute atomic E-state index is 13.1. The Morgan fingerprint density at radius 1 is 0.656 bits per heavy atom. The average Bonchev–Trinajstić information content (AvgIpc) is 2.76. The van der Waals surface area contributed by atoms with Gasteiger partial charge in [-0.25, -0.2) is 9.59 Å². The topological polar surface area (TPSA) is 153 Å². The lowest BCUT2D eigenvalue weighted by atomic mass is 9.95. The molecule has 1 fully saturated rings. The van der Waals surface area contributed by atoms with Crippen LogP contribution in [0.2, 0.25) is 0 Å². The molecule has 0 unspecified atom stereocenters. The van der Waals surface area contributed by atoms with Crippen LogP contribution in [0.4, 0.5) is 0 Å². The smallest absolute Gasteiger partial charge is 0.332 e. The first-order valence-electron chi connectivity index (χ1n) is 10.1. The normalized spacial score (nSPS) is 35.1. The summed E-state index contributed by atoms with van der Waals surface area (Å²) in [5.74, 6) is -2.51. The number of carbonyl (C=O) groups excluding carboxylic acids is 4. The van der Waals surface area contributed by atoms with Crippen LogP contribution < -0.4 is 21.3 Å². The van der Waals surface area contributed by atoms with E-state index in [1.807, 2.05) is 0 Å². The zero-order valence-electron chi connectivity index (χ0n) is 20.1. The van der Waals surface area contributed by atoms with Crippen LogP contribution in [0.1, 0.15) is 27.7 Å². The third-order valence-electron chi connectivity index (χ3n) is 5.79. The molecule has 0 saturated carbocycles. The van der Waals surface area contributed by atoms with E-state index < -0.39 is 46.0 Å². The van der Waals surface area contributed by atoms with Gasteiger partial charge in [-0.2, -0.15) is 0 Å². The Morgan fingerprint density at radius 2 is 0.969 bits per heavy atom. The molecular formula is C20H36N4O8. The van der Waals surface area contributed by atoms with Crippen molar-refractivity contribution in [3.63, 3.8) is 0 Å². The van der Waals surface area contributed by atoms with E-state index in [-0.39, 0.29) is 26.2 Å². The van der Waals surface area contributed by atoms with Crippen molar-refractivity contribution in [3.05, 3.63) is 0 Å². The molecule has 1 saturated heterocycles. The highest BCUT2D eigenvalue weighted by molar-refractivity contribution is 5.93. The number of hydrogen-bond acceptors (Lipinski definition) is 10. The van der Waals surface area contributed by atoms with E-state index in [1.165, 1.54) is 56.1 Å². The number of nitrogens with one attached hydrogen (secondary N) is 4.